The van der Waals surface area contributed by atoms with E-state index in [4.69, 9.17) is 4.52 Å². The Morgan fingerprint density at radius 2 is 1.96 bits per heavy atom. The van der Waals surface area contributed by atoms with E-state index >= 15 is 0 Å². The SMILES string of the molecule is CC(=O)N[C@@]1(c2noc(C)n2)CCN(c2nc(C)nc(C)c2C)C1. The topological polar surface area (TPSA) is 97.0 Å². The van der Waals surface area contributed by atoms with E-state index in [-0.39, 0.29) is 5.91 Å². The van der Waals surface area contributed by atoms with Crippen LogP contribution in [0.2, 0.25) is 0 Å². The molecule has 1 atom stereocenters. The van der Waals surface area contributed by atoms with Crippen LogP contribution in [0.1, 0.15) is 42.1 Å². The molecule has 0 radical (unpaired) electrons. The van der Waals surface area contributed by atoms with Crippen molar-refractivity contribution in [3.63, 3.8) is 0 Å². The molecule has 0 aromatic carbocycles. The van der Waals surface area contributed by atoms with Gasteiger partial charge in [-0.25, -0.2) is 9.97 Å². The van der Waals surface area contributed by atoms with Crippen molar-refractivity contribution in [1.82, 2.24) is 25.4 Å². The van der Waals surface area contributed by atoms with Gasteiger partial charge < -0.3 is 14.7 Å². The number of nitrogens with one attached hydrogen (secondary N) is 1. The Labute approximate surface area is 140 Å². The van der Waals surface area contributed by atoms with Crippen LogP contribution in [-0.2, 0) is 10.3 Å². The van der Waals surface area contributed by atoms with E-state index in [9.17, 15) is 4.79 Å². The maximum Gasteiger partial charge on any atom is 0.223 e. The van der Waals surface area contributed by atoms with Crippen molar-refractivity contribution < 1.29 is 9.32 Å². The Hall–Kier alpha value is -2.51. The molecule has 8 nitrogen and oxygen atoms in total. The van der Waals surface area contributed by atoms with Gasteiger partial charge in [-0.2, -0.15) is 4.98 Å². The van der Waals surface area contributed by atoms with Crippen LogP contribution in [0.25, 0.3) is 0 Å². The Bertz CT molecular complexity index is 787. The number of anilines is 1. The van der Waals surface area contributed by atoms with Gasteiger partial charge in [0.2, 0.25) is 11.8 Å². The monoisotopic (exact) mass is 330 g/mol. The fourth-order valence-corrected chi connectivity index (χ4v) is 3.22. The fourth-order valence-electron chi connectivity index (χ4n) is 3.22. The lowest BCUT2D eigenvalue weighted by molar-refractivity contribution is -0.120. The van der Waals surface area contributed by atoms with Gasteiger partial charge in [0, 0.05) is 31.6 Å². The summed E-state index contributed by atoms with van der Waals surface area (Å²) in [4.78, 5) is 27.3. The first-order chi connectivity index (χ1) is 11.3. The van der Waals surface area contributed by atoms with Gasteiger partial charge in [0.05, 0.1) is 6.54 Å². The molecule has 1 fully saturated rings. The summed E-state index contributed by atoms with van der Waals surface area (Å²) in [5.41, 5.74) is 1.34. The van der Waals surface area contributed by atoms with Crippen LogP contribution in [0.4, 0.5) is 5.82 Å². The lowest BCUT2D eigenvalue weighted by Crippen LogP contribution is -2.48. The van der Waals surface area contributed by atoms with E-state index in [0.717, 1.165) is 29.4 Å². The molecule has 0 aliphatic carbocycles. The van der Waals surface area contributed by atoms with E-state index < -0.39 is 5.54 Å². The van der Waals surface area contributed by atoms with Crippen molar-refractivity contribution in [2.24, 2.45) is 0 Å². The number of carbonyl (C=O) groups is 1. The Kier molecular flexibility index (Phi) is 3.98. The summed E-state index contributed by atoms with van der Waals surface area (Å²) in [5, 5.41) is 7.07. The summed E-state index contributed by atoms with van der Waals surface area (Å²) in [6, 6.07) is 0. The second kappa shape index (κ2) is 5.85. The zero-order valence-corrected chi connectivity index (χ0v) is 14.7. The molecule has 2 aromatic rings. The first-order valence-electron chi connectivity index (χ1n) is 7.97. The number of nitrogens with zero attached hydrogens (tertiary/aromatic N) is 5. The number of aryl methyl sites for hydroxylation is 3. The van der Waals surface area contributed by atoms with Gasteiger partial charge in [0.1, 0.15) is 17.2 Å². The summed E-state index contributed by atoms with van der Waals surface area (Å²) in [6.07, 6.45) is 0.688. The molecule has 24 heavy (non-hydrogen) atoms. The van der Waals surface area contributed by atoms with Crippen LogP contribution in [0.5, 0.6) is 0 Å². The molecule has 1 aliphatic heterocycles. The van der Waals surface area contributed by atoms with Crippen molar-refractivity contribution in [2.75, 3.05) is 18.0 Å². The van der Waals surface area contributed by atoms with Crippen LogP contribution < -0.4 is 10.2 Å². The molecular formula is C16H22N6O2. The summed E-state index contributed by atoms with van der Waals surface area (Å²) in [5.74, 6) is 2.51. The van der Waals surface area contributed by atoms with Gasteiger partial charge in [-0.15, -0.1) is 0 Å². The molecule has 0 bridgehead atoms. The fraction of sp³-hybridized carbons (Fsp3) is 0.562. The molecular weight excluding hydrogens is 308 g/mol. The molecule has 0 unspecified atom stereocenters. The third-order valence-electron chi connectivity index (χ3n) is 4.42. The average molecular weight is 330 g/mol. The quantitative estimate of drug-likeness (QED) is 0.907. The van der Waals surface area contributed by atoms with Crippen LogP contribution in [-0.4, -0.2) is 39.1 Å². The summed E-state index contributed by atoms with van der Waals surface area (Å²) in [7, 11) is 0. The van der Waals surface area contributed by atoms with Crippen molar-refractivity contribution >= 4 is 11.7 Å². The summed E-state index contributed by atoms with van der Waals surface area (Å²) < 4.78 is 5.13. The smallest absolute Gasteiger partial charge is 0.223 e. The maximum atomic E-state index is 11.8. The minimum Gasteiger partial charge on any atom is -0.353 e. The molecule has 2 aromatic heterocycles. The Morgan fingerprint density at radius 3 is 2.58 bits per heavy atom. The van der Waals surface area contributed by atoms with E-state index in [1.807, 2.05) is 20.8 Å². The van der Waals surface area contributed by atoms with Crippen molar-refractivity contribution in [2.45, 2.75) is 46.6 Å². The second-order valence-corrected chi connectivity index (χ2v) is 6.38. The standard InChI is InChI=1S/C16H22N6O2/c1-9-10(2)17-11(3)18-14(9)22-7-6-16(8-22,20-12(4)23)15-19-13(5)24-21-15/h6-8H2,1-5H3,(H,20,23)/t16-/m0/s1. The Balaban J connectivity index is 1.97. The molecule has 3 heterocycles. The number of amides is 1. The highest BCUT2D eigenvalue weighted by atomic mass is 16.5. The molecule has 8 heteroatoms. The number of carbonyl (C=O) groups excluding carboxylic acids is 1. The summed E-state index contributed by atoms with van der Waals surface area (Å²) >= 11 is 0. The Morgan fingerprint density at radius 1 is 1.21 bits per heavy atom. The third kappa shape index (κ3) is 2.83. The van der Waals surface area contributed by atoms with Gasteiger partial charge in [-0.1, -0.05) is 5.16 Å². The van der Waals surface area contributed by atoms with Gasteiger partial charge in [-0.3, -0.25) is 4.79 Å². The highest BCUT2D eigenvalue weighted by Gasteiger charge is 2.45. The molecule has 1 aliphatic rings. The van der Waals surface area contributed by atoms with Crippen molar-refractivity contribution in [1.29, 1.82) is 0 Å². The first kappa shape index (κ1) is 16.4. The average Bonchev–Trinajstić information content (AvgIpc) is 3.10. The lowest BCUT2D eigenvalue weighted by Gasteiger charge is -2.27. The van der Waals surface area contributed by atoms with Crippen molar-refractivity contribution in [3.8, 4) is 0 Å². The number of hydrogen-bond donors (Lipinski definition) is 1. The predicted octanol–water partition coefficient (Wildman–Crippen LogP) is 1.33. The van der Waals surface area contributed by atoms with Crippen LogP contribution in [0, 0.1) is 27.7 Å². The van der Waals surface area contributed by atoms with Gasteiger partial charge >= 0.3 is 0 Å². The zero-order chi connectivity index (χ0) is 17.5. The highest BCUT2D eigenvalue weighted by Crippen LogP contribution is 2.34. The molecule has 1 amide bonds. The zero-order valence-electron chi connectivity index (χ0n) is 14.7. The largest absolute Gasteiger partial charge is 0.353 e. The van der Waals surface area contributed by atoms with Crippen LogP contribution >= 0.6 is 0 Å². The molecule has 0 spiro atoms. The molecule has 0 saturated carbocycles. The van der Waals surface area contributed by atoms with Crippen LogP contribution in [0.15, 0.2) is 4.52 Å². The minimum atomic E-state index is -0.664. The highest BCUT2D eigenvalue weighted by molar-refractivity contribution is 5.74. The number of aromatic nitrogens is 4. The van der Waals surface area contributed by atoms with E-state index in [1.54, 1.807) is 6.92 Å². The lowest BCUT2D eigenvalue weighted by atomic mass is 9.97. The van der Waals surface area contributed by atoms with E-state index in [2.05, 4.69) is 30.3 Å². The molecule has 3 rings (SSSR count). The normalized spacial score (nSPS) is 20.5. The predicted molar refractivity (Wildman–Crippen MR) is 87.6 cm³/mol. The molecule has 128 valence electrons. The van der Waals surface area contributed by atoms with Crippen molar-refractivity contribution in [3.05, 3.63) is 28.8 Å². The van der Waals surface area contributed by atoms with Crippen LogP contribution in [0.3, 0.4) is 0 Å². The van der Waals surface area contributed by atoms with Gasteiger partial charge in [0.25, 0.3) is 0 Å². The third-order valence-corrected chi connectivity index (χ3v) is 4.42. The molecule has 1 N–H and O–H groups in total. The second-order valence-electron chi connectivity index (χ2n) is 6.38. The van der Waals surface area contributed by atoms with Gasteiger partial charge in [0.15, 0.2) is 5.82 Å². The summed E-state index contributed by atoms with van der Waals surface area (Å²) in [6.45, 7) is 10.4. The maximum absolute atomic E-state index is 11.8. The number of rotatable bonds is 3. The number of hydrogen-bond acceptors (Lipinski definition) is 7. The van der Waals surface area contributed by atoms with E-state index in [0.29, 0.717) is 24.7 Å². The van der Waals surface area contributed by atoms with E-state index in [1.165, 1.54) is 6.92 Å². The minimum absolute atomic E-state index is 0.119. The van der Waals surface area contributed by atoms with Gasteiger partial charge in [-0.05, 0) is 27.2 Å². The first-order valence-corrected chi connectivity index (χ1v) is 7.97. The molecule has 1 saturated heterocycles.